The molecule has 120 valence electrons. The number of nitrogens with zero attached hydrogens (tertiary/aromatic N) is 1. The van der Waals surface area contributed by atoms with E-state index in [1.165, 1.54) is 5.39 Å². The molecule has 3 nitrogen and oxygen atoms in total. The third-order valence-electron chi connectivity index (χ3n) is 3.91. The molecule has 1 N–H and O–H groups in total. The van der Waals surface area contributed by atoms with Crippen molar-refractivity contribution in [3.8, 4) is 6.57 Å². The van der Waals surface area contributed by atoms with Crippen molar-refractivity contribution in [1.82, 2.24) is 0 Å². The standard InChI is InChI=1S/C11H9NO.C11H8N/c13-8-12-11-7-3-5-9-4-1-2-6-10(9)11;1-12-11-8-4-6-9-5-2-3-7-10(9)11/h1-8H,(H,12,13);1-8H/q;+1. The maximum atomic E-state index is 10.3. The number of amides is 1. The van der Waals surface area contributed by atoms with Crippen molar-refractivity contribution >= 4 is 39.3 Å². The number of benzene rings is 4. The minimum Gasteiger partial charge on any atom is -0.328 e. The molecule has 0 saturated carbocycles. The van der Waals surface area contributed by atoms with Crippen LogP contribution in [0.4, 0.5) is 11.4 Å². The van der Waals surface area contributed by atoms with E-state index in [4.69, 9.17) is 6.57 Å². The highest BCUT2D eigenvalue weighted by molar-refractivity contribution is 5.97. The van der Waals surface area contributed by atoms with Crippen LogP contribution in [0.25, 0.3) is 26.4 Å². The van der Waals surface area contributed by atoms with E-state index in [9.17, 15) is 4.79 Å². The predicted molar refractivity (Wildman–Crippen MR) is 106 cm³/mol. The van der Waals surface area contributed by atoms with Crippen molar-refractivity contribution in [3.05, 3.63) is 89.8 Å². The molecule has 25 heavy (non-hydrogen) atoms. The van der Waals surface area contributed by atoms with Gasteiger partial charge in [0.25, 0.3) is 6.57 Å². The molecule has 0 bridgehead atoms. The first-order chi connectivity index (χ1) is 12.3. The van der Waals surface area contributed by atoms with Gasteiger partial charge in [0.1, 0.15) is 0 Å². The van der Waals surface area contributed by atoms with Gasteiger partial charge in [-0.15, -0.1) is 0 Å². The predicted octanol–water partition coefficient (Wildman–Crippen LogP) is 5.84. The summed E-state index contributed by atoms with van der Waals surface area (Å²) in [6.45, 7) is 5.24. The molecular formula is C22H17N2O+. The van der Waals surface area contributed by atoms with E-state index in [2.05, 4.69) is 10.2 Å². The Balaban J connectivity index is 0.000000146. The molecule has 0 heterocycles. The molecule has 0 unspecified atom stereocenters. The molecule has 0 aliphatic carbocycles. The van der Waals surface area contributed by atoms with Gasteiger partial charge >= 0.3 is 5.69 Å². The number of nitrogens with one attached hydrogen (secondary N) is 1. The summed E-state index contributed by atoms with van der Waals surface area (Å²) < 4.78 is 0. The van der Waals surface area contributed by atoms with Gasteiger partial charge in [0.2, 0.25) is 6.41 Å². The topological polar surface area (TPSA) is 33.5 Å². The van der Waals surface area contributed by atoms with Gasteiger partial charge in [-0.05, 0) is 27.8 Å². The number of carbonyl (C=O) groups is 1. The van der Waals surface area contributed by atoms with E-state index in [1.54, 1.807) is 0 Å². The minimum absolute atomic E-state index is 0.696. The zero-order valence-electron chi connectivity index (χ0n) is 13.6. The van der Waals surface area contributed by atoms with Gasteiger partial charge in [-0.25, -0.2) is 0 Å². The highest BCUT2D eigenvalue weighted by Crippen LogP contribution is 2.25. The molecule has 4 rings (SSSR count). The largest absolute Gasteiger partial charge is 0.347 e. The Labute approximate surface area is 146 Å². The lowest BCUT2D eigenvalue weighted by atomic mass is 10.1. The number of anilines is 1. The van der Waals surface area contributed by atoms with E-state index in [0.29, 0.717) is 6.41 Å². The quantitative estimate of drug-likeness (QED) is 0.461. The van der Waals surface area contributed by atoms with E-state index in [1.807, 2.05) is 84.9 Å². The van der Waals surface area contributed by atoms with Gasteiger partial charge in [-0.1, -0.05) is 66.7 Å². The third-order valence-corrected chi connectivity index (χ3v) is 3.91. The zero-order chi connectivity index (χ0) is 17.5. The monoisotopic (exact) mass is 325 g/mol. The van der Waals surface area contributed by atoms with Gasteiger partial charge in [-0.3, -0.25) is 4.79 Å². The summed E-state index contributed by atoms with van der Waals surface area (Å²) in [6, 6.07) is 27.7. The molecule has 0 aliphatic rings. The van der Waals surface area contributed by atoms with Crippen LogP contribution in [-0.2, 0) is 4.79 Å². The summed E-state index contributed by atoms with van der Waals surface area (Å²) in [7, 11) is 0. The molecule has 0 fully saturated rings. The summed E-state index contributed by atoms with van der Waals surface area (Å²) in [5.74, 6) is 0. The smallest absolute Gasteiger partial charge is 0.328 e. The fourth-order valence-electron chi connectivity index (χ4n) is 2.74. The molecule has 0 radical (unpaired) electrons. The Morgan fingerprint density at radius 3 is 1.96 bits per heavy atom. The summed E-state index contributed by atoms with van der Waals surface area (Å²) >= 11 is 0. The van der Waals surface area contributed by atoms with Crippen LogP contribution in [0.5, 0.6) is 0 Å². The fourth-order valence-corrected chi connectivity index (χ4v) is 2.74. The van der Waals surface area contributed by atoms with E-state index >= 15 is 0 Å². The SMILES string of the molecule is C#[N+]c1cccc2ccccc12.O=CNc1cccc2ccccc12. The lowest BCUT2D eigenvalue weighted by molar-refractivity contribution is -0.105. The Kier molecular flexibility index (Phi) is 5.04. The molecule has 0 spiro atoms. The van der Waals surface area contributed by atoms with E-state index < -0.39 is 0 Å². The second-order valence-electron chi connectivity index (χ2n) is 5.42. The molecule has 0 saturated heterocycles. The maximum absolute atomic E-state index is 10.3. The lowest BCUT2D eigenvalue weighted by Crippen LogP contribution is -1.93. The lowest BCUT2D eigenvalue weighted by Gasteiger charge is -2.03. The second-order valence-corrected chi connectivity index (χ2v) is 5.42. The average molecular weight is 325 g/mol. The second kappa shape index (κ2) is 7.76. The first-order valence-corrected chi connectivity index (χ1v) is 7.90. The van der Waals surface area contributed by atoms with Gasteiger partial charge in [0.15, 0.2) is 0 Å². The van der Waals surface area contributed by atoms with Crippen LogP contribution in [0, 0.1) is 6.57 Å². The zero-order valence-corrected chi connectivity index (χ0v) is 13.6. The first kappa shape index (κ1) is 16.2. The number of carbonyl (C=O) groups excluding carboxylic acids is 1. The molecule has 0 atom stereocenters. The molecule has 0 aromatic heterocycles. The normalized spacial score (nSPS) is 9.72. The fraction of sp³-hybridized carbons (Fsp3) is 0. The van der Waals surface area contributed by atoms with Crippen LogP contribution in [0.2, 0.25) is 0 Å². The Morgan fingerprint density at radius 1 is 0.720 bits per heavy atom. The maximum Gasteiger partial charge on any atom is 0.347 e. The number of fused-ring (bicyclic) bond motifs is 2. The van der Waals surface area contributed by atoms with Crippen LogP contribution < -0.4 is 5.32 Å². The Morgan fingerprint density at radius 2 is 1.28 bits per heavy atom. The Hall–Kier alpha value is -3.64. The Bertz CT molecular complexity index is 1050. The molecule has 3 heteroatoms. The number of hydrogen-bond donors (Lipinski definition) is 1. The molecule has 0 aliphatic heterocycles. The van der Waals surface area contributed by atoms with Gasteiger partial charge in [0, 0.05) is 17.1 Å². The minimum atomic E-state index is 0.696. The van der Waals surface area contributed by atoms with Crippen molar-refractivity contribution in [2.45, 2.75) is 0 Å². The van der Waals surface area contributed by atoms with Crippen molar-refractivity contribution in [2.24, 2.45) is 0 Å². The van der Waals surface area contributed by atoms with E-state index in [-0.39, 0.29) is 0 Å². The first-order valence-electron chi connectivity index (χ1n) is 7.90. The molecular weight excluding hydrogens is 308 g/mol. The van der Waals surface area contributed by atoms with Gasteiger partial charge in [-0.2, -0.15) is 0 Å². The van der Waals surface area contributed by atoms with Crippen molar-refractivity contribution < 1.29 is 4.79 Å². The van der Waals surface area contributed by atoms with Gasteiger partial charge < -0.3 is 5.32 Å². The van der Waals surface area contributed by atoms with Crippen LogP contribution in [0.3, 0.4) is 0 Å². The van der Waals surface area contributed by atoms with Crippen LogP contribution >= 0.6 is 0 Å². The van der Waals surface area contributed by atoms with Crippen molar-refractivity contribution in [2.75, 3.05) is 5.32 Å². The summed E-state index contributed by atoms with van der Waals surface area (Å²) in [6.07, 6.45) is 0.696. The summed E-state index contributed by atoms with van der Waals surface area (Å²) in [4.78, 5) is 14.0. The number of rotatable bonds is 2. The van der Waals surface area contributed by atoms with Crippen molar-refractivity contribution in [3.63, 3.8) is 0 Å². The highest BCUT2D eigenvalue weighted by Gasteiger charge is 2.05. The molecule has 4 aromatic carbocycles. The van der Waals surface area contributed by atoms with Crippen LogP contribution in [-0.4, -0.2) is 6.41 Å². The van der Waals surface area contributed by atoms with Crippen LogP contribution in [0.1, 0.15) is 0 Å². The highest BCUT2D eigenvalue weighted by atomic mass is 16.1. The summed E-state index contributed by atoms with van der Waals surface area (Å²) in [5, 5.41) is 7.14. The molecule has 1 amide bonds. The van der Waals surface area contributed by atoms with Gasteiger partial charge in [0.05, 0.1) is 5.39 Å². The van der Waals surface area contributed by atoms with Crippen molar-refractivity contribution in [1.29, 1.82) is 0 Å². The van der Waals surface area contributed by atoms with E-state index in [0.717, 1.165) is 27.5 Å². The summed E-state index contributed by atoms with van der Waals surface area (Å²) in [5.41, 5.74) is 1.70. The average Bonchev–Trinajstić information content (AvgIpc) is 2.68. The third kappa shape index (κ3) is 3.65. The molecule has 4 aromatic rings. The number of hydrogen-bond acceptors (Lipinski definition) is 1. The van der Waals surface area contributed by atoms with Crippen LogP contribution in [0.15, 0.2) is 84.9 Å².